The van der Waals surface area contributed by atoms with E-state index in [2.05, 4.69) is 30.6 Å². The van der Waals surface area contributed by atoms with E-state index in [4.69, 9.17) is 13.3 Å². The van der Waals surface area contributed by atoms with Gasteiger partial charge >= 0.3 is 6.01 Å². The maximum atomic E-state index is 5.05. The van der Waals surface area contributed by atoms with Gasteiger partial charge in [0.05, 0.1) is 0 Å². The molecule has 10 nitrogen and oxygen atoms in total. The van der Waals surface area contributed by atoms with Crippen LogP contribution in [0, 0.1) is 34.6 Å². The summed E-state index contributed by atoms with van der Waals surface area (Å²) >= 11 is 0. The van der Waals surface area contributed by atoms with Gasteiger partial charge in [-0.05, 0) is 0 Å². The minimum atomic E-state index is 0.549. The molecular formula is C13H21N7O3. The average molecular weight is 323 g/mol. The molecule has 10 heteroatoms. The third kappa shape index (κ3) is 7.16. The Balaban J connectivity index is 0.000000175. The van der Waals surface area contributed by atoms with Crippen molar-refractivity contribution < 1.29 is 13.3 Å². The molecule has 3 aromatic rings. The van der Waals surface area contributed by atoms with Crippen LogP contribution in [-0.4, -0.2) is 44.7 Å². The van der Waals surface area contributed by atoms with Crippen LogP contribution in [0.15, 0.2) is 13.3 Å². The molecule has 0 fully saturated rings. The molecule has 126 valence electrons. The summed E-state index contributed by atoms with van der Waals surface area (Å²) in [4.78, 5) is 1.76. The van der Waals surface area contributed by atoms with Crippen molar-refractivity contribution in [3.63, 3.8) is 0 Å². The van der Waals surface area contributed by atoms with E-state index >= 15 is 0 Å². The Morgan fingerprint density at radius 2 is 0.826 bits per heavy atom. The van der Waals surface area contributed by atoms with E-state index in [1.807, 2.05) is 14.1 Å². The molecule has 0 aliphatic rings. The summed E-state index contributed by atoms with van der Waals surface area (Å²) in [7, 11) is 3.71. The van der Waals surface area contributed by atoms with Gasteiger partial charge in [-0.15, -0.1) is 25.5 Å². The lowest BCUT2D eigenvalue weighted by atomic mass is 10.8. The largest absolute Gasteiger partial charge is 0.426 e. The fourth-order valence-corrected chi connectivity index (χ4v) is 1.26. The minimum Gasteiger partial charge on any atom is -0.426 e. The first-order chi connectivity index (χ1) is 10.8. The zero-order valence-electron chi connectivity index (χ0n) is 14.4. The third-order valence-electron chi connectivity index (χ3n) is 2.15. The van der Waals surface area contributed by atoms with Crippen LogP contribution < -0.4 is 4.90 Å². The fourth-order valence-electron chi connectivity index (χ4n) is 1.26. The molecular weight excluding hydrogens is 302 g/mol. The molecule has 3 rings (SSSR count). The lowest BCUT2D eigenvalue weighted by Crippen LogP contribution is -2.08. The van der Waals surface area contributed by atoms with Gasteiger partial charge in [-0.25, -0.2) is 0 Å². The second-order valence-electron chi connectivity index (χ2n) is 4.68. The maximum Gasteiger partial charge on any atom is 0.317 e. The summed E-state index contributed by atoms with van der Waals surface area (Å²) in [6, 6.07) is 0.549. The topological polar surface area (TPSA) is 120 Å². The number of nitrogens with zero attached hydrogens (tertiary/aromatic N) is 7. The number of aromatic nitrogens is 6. The van der Waals surface area contributed by atoms with Gasteiger partial charge in [-0.2, -0.15) is 0 Å². The van der Waals surface area contributed by atoms with Crippen LogP contribution in [0.25, 0.3) is 0 Å². The monoisotopic (exact) mass is 323 g/mol. The van der Waals surface area contributed by atoms with Crippen LogP contribution in [0.5, 0.6) is 0 Å². The van der Waals surface area contributed by atoms with Gasteiger partial charge in [-0.3, -0.25) is 0 Å². The van der Waals surface area contributed by atoms with Crippen molar-refractivity contribution in [3.05, 3.63) is 29.5 Å². The first-order valence-electron chi connectivity index (χ1n) is 6.78. The summed E-state index contributed by atoms with van der Waals surface area (Å²) in [5.74, 6) is 3.09. The smallest absolute Gasteiger partial charge is 0.317 e. The minimum absolute atomic E-state index is 0.549. The molecule has 0 aromatic carbocycles. The molecule has 3 aromatic heterocycles. The van der Waals surface area contributed by atoms with Crippen molar-refractivity contribution in [1.82, 2.24) is 30.6 Å². The Bertz CT molecular complexity index is 631. The zero-order valence-corrected chi connectivity index (χ0v) is 14.4. The first kappa shape index (κ1) is 18.3. The van der Waals surface area contributed by atoms with Crippen molar-refractivity contribution >= 4 is 6.01 Å². The van der Waals surface area contributed by atoms with Gasteiger partial charge in [0.15, 0.2) is 0 Å². The van der Waals surface area contributed by atoms with Crippen LogP contribution in [-0.2, 0) is 0 Å². The molecule has 0 aliphatic heterocycles. The van der Waals surface area contributed by atoms with Crippen molar-refractivity contribution in [3.8, 4) is 0 Å². The summed E-state index contributed by atoms with van der Waals surface area (Å²) in [6.45, 7) is 8.82. The van der Waals surface area contributed by atoms with E-state index in [1.165, 1.54) is 0 Å². The second kappa shape index (κ2) is 8.61. The molecule has 0 spiro atoms. The van der Waals surface area contributed by atoms with Crippen molar-refractivity contribution in [2.24, 2.45) is 0 Å². The SMILES string of the molecule is Cc1nnc(C)o1.Cc1nnc(C)o1.Cc1nnc(N(C)C)o1. The van der Waals surface area contributed by atoms with E-state index in [-0.39, 0.29) is 0 Å². The quantitative estimate of drug-likeness (QED) is 0.655. The van der Waals surface area contributed by atoms with E-state index in [9.17, 15) is 0 Å². The van der Waals surface area contributed by atoms with Gasteiger partial charge < -0.3 is 18.2 Å². The van der Waals surface area contributed by atoms with Crippen molar-refractivity contribution in [2.45, 2.75) is 34.6 Å². The molecule has 0 saturated carbocycles. The van der Waals surface area contributed by atoms with Crippen LogP contribution in [0.3, 0.4) is 0 Å². The Kier molecular flexibility index (Phi) is 6.84. The molecule has 23 heavy (non-hydrogen) atoms. The molecule has 0 aliphatic carbocycles. The van der Waals surface area contributed by atoms with Gasteiger partial charge in [0.1, 0.15) is 0 Å². The summed E-state index contributed by atoms with van der Waals surface area (Å²) in [6.07, 6.45) is 0. The van der Waals surface area contributed by atoms with E-state index in [0.29, 0.717) is 35.5 Å². The number of hydrogen-bond acceptors (Lipinski definition) is 10. The Labute approximate surface area is 133 Å². The normalized spacial score (nSPS) is 9.52. The molecule has 0 N–H and O–H groups in total. The molecule has 3 heterocycles. The highest BCUT2D eigenvalue weighted by Crippen LogP contribution is 2.05. The van der Waals surface area contributed by atoms with Crippen molar-refractivity contribution in [2.75, 3.05) is 19.0 Å². The van der Waals surface area contributed by atoms with Gasteiger partial charge in [0.25, 0.3) is 0 Å². The molecule has 0 unspecified atom stereocenters. The molecule has 0 amide bonds. The highest BCUT2D eigenvalue weighted by atomic mass is 16.4. The summed E-state index contributed by atoms with van der Waals surface area (Å²) in [5, 5.41) is 21.8. The predicted octanol–water partition coefficient (Wildman–Crippen LogP) is 1.82. The van der Waals surface area contributed by atoms with Gasteiger partial charge in [0, 0.05) is 48.7 Å². The van der Waals surface area contributed by atoms with E-state index in [0.717, 1.165) is 0 Å². The number of hydrogen-bond donors (Lipinski definition) is 0. The van der Waals surface area contributed by atoms with Crippen LogP contribution in [0.2, 0.25) is 0 Å². The Morgan fingerprint density at radius 1 is 0.522 bits per heavy atom. The molecule has 0 bridgehead atoms. The maximum absolute atomic E-state index is 5.05. The molecule has 0 atom stereocenters. The van der Waals surface area contributed by atoms with E-state index in [1.54, 1.807) is 39.5 Å². The fraction of sp³-hybridized carbons (Fsp3) is 0.538. The Morgan fingerprint density at radius 3 is 0.957 bits per heavy atom. The summed E-state index contributed by atoms with van der Waals surface area (Å²) in [5.41, 5.74) is 0. The van der Waals surface area contributed by atoms with Gasteiger partial charge in [-0.1, -0.05) is 5.10 Å². The number of rotatable bonds is 1. The second-order valence-corrected chi connectivity index (χ2v) is 4.68. The highest BCUT2D eigenvalue weighted by Gasteiger charge is 2.01. The van der Waals surface area contributed by atoms with Crippen molar-refractivity contribution in [1.29, 1.82) is 0 Å². The number of aryl methyl sites for hydroxylation is 5. The van der Waals surface area contributed by atoms with E-state index < -0.39 is 0 Å². The van der Waals surface area contributed by atoms with Gasteiger partial charge in [0.2, 0.25) is 29.5 Å². The van der Waals surface area contributed by atoms with Crippen LogP contribution in [0.1, 0.15) is 29.5 Å². The lowest BCUT2D eigenvalue weighted by Gasteiger charge is -2.01. The Hall–Kier alpha value is -2.78. The first-order valence-corrected chi connectivity index (χ1v) is 6.78. The lowest BCUT2D eigenvalue weighted by molar-refractivity contribution is 0.488. The standard InChI is InChI=1S/C5H9N3O.2C4H6N2O/c1-4-6-7-5(9-4)8(2)3;2*1-3-5-6-4(2)7-3/h1-3H3;2*1-2H3. The predicted molar refractivity (Wildman–Crippen MR) is 80.9 cm³/mol. The molecule has 0 radical (unpaired) electrons. The highest BCUT2D eigenvalue weighted by molar-refractivity contribution is 5.18. The average Bonchev–Trinajstić information content (AvgIpc) is 3.15. The van der Waals surface area contributed by atoms with Crippen LogP contribution in [0.4, 0.5) is 6.01 Å². The van der Waals surface area contributed by atoms with Crippen LogP contribution >= 0.6 is 0 Å². The third-order valence-corrected chi connectivity index (χ3v) is 2.15. The number of anilines is 1. The molecule has 0 saturated heterocycles. The summed E-state index contributed by atoms with van der Waals surface area (Å²) < 4.78 is 14.8. The zero-order chi connectivity index (χ0) is 17.4.